The van der Waals surface area contributed by atoms with Crippen LogP contribution in [0.2, 0.25) is 0 Å². The Labute approximate surface area is 97.8 Å². The van der Waals surface area contributed by atoms with E-state index in [1.165, 1.54) is 6.07 Å². The number of hydrogen-bond acceptors (Lipinski definition) is 5. The van der Waals surface area contributed by atoms with Crippen molar-refractivity contribution < 1.29 is 14.6 Å². The van der Waals surface area contributed by atoms with Crippen molar-refractivity contribution in [1.29, 1.82) is 0 Å². The second kappa shape index (κ2) is 4.29. The first-order valence-electron chi connectivity index (χ1n) is 5.18. The summed E-state index contributed by atoms with van der Waals surface area (Å²) in [6, 6.07) is 6.21. The van der Waals surface area contributed by atoms with Gasteiger partial charge in [0.25, 0.3) is 0 Å². The molecule has 0 fully saturated rings. The second-order valence-corrected chi connectivity index (χ2v) is 3.53. The van der Waals surface area contributed by atoms with Gasteiger partial charge in [-0.05, 0) is 25.1 Å². The maximum Gasteiger partial charge on any atom is 0.339 e. The average molecular weight is 232 g/mol. The normalized spacial score (nSPS) is 10.4. The third kappa shape index (κ3) is 2.13. The summed E-state index contributed by atoms with van der Waals surface area (Å²) in [5, 5.41) is 10.0. The van der Waals surface area contributed by atoms with Gasteiger partial charge >= 0.3 is 5.97 Å². The smallest absolute Gasteiger partial charge is 0.339 e. The molecule has 5 nitrogen and oxygen atoms in total. The standard InChI is InChI=1S/C12H12N2O3/c1-2-17-12(16)9-6-11(15)14-10-4-3-7(13)5-8(9)10/h3-6H,2,13H2,1H3,(H,14,15). The van der Waals surface area contributed by atoms with E-state index in [1.807, 2.05) is 0 Å². The minimum absolute atomic E-state index is 0.217. The van der Waals surface area contributed by atoms with Gasteiger partial charge in [-0.25, -0.2) is 9.78 Å². The zero-order valence-electron chi connectivity index (χ0n) is 9.30. The Morgan fingerprint density at radius 3 is 2.94 bits per heavy atom. The largest absolute Gasteiger partial charge is 0.493 e. The molecule has 88 valence electrons. The van der Waals surface area contributed by atoms with Gasteiger partial charge in [-0.1, -0.05) is 0 Å². The highest BCUT2D eigenvalue weighted by Gasteiger charge is 2.13. The Hall–Kier alpha value is -2.30. The lowest BCUT2D eigenvalue weighted by atomic mass is 10.1. The van der Waals surface area contributed by atoms with Crippen molar-refractivity contribution in [3.63, 3.8) is 0 Å². The number of carbonyl (C=O) groups is 1. The van der Waals surface area contributed by atoms with Gasteiger partial charge < -0.3 is 15.6 Å². The van der Waals surface area contributed by atoms with Gasteiger partial charge in [0.15, 0.2) is 0 Å². The van der Waals surface area contributed by atoms with Crippen molar-refractivity contribution in [3.05, 3.63) is 29.8 Å². The van der Waals surface area contributed by atoms with E-state index in [1.54, 1.807) is 25.1 Å². The van der Waals surface area contributed by atoms with Crippen LogP contribution < -0.4 is 5.73 Å². The van der Waals surface area contributed by atoms with Crippen molar-refractivity contribution in [2.24, 2.45) is 0 Å². The zero-order valence-corrected chi connectivity index (χ0v) is 9.30. The highest BCUT2D eigenvalue weighted by atomic mass is 16.5. The lowest BCUT2D eigenvalue weighted by Gasteiger charge is -2.07. The lowest BCUT2D eigenvalue weighted by molar-refractivity contribution is 0.0528. The predicted molar refractivity (Wildman–Crippen MR) is 63.8 cm³/mol. The summed E-state index contributed by atoms with van der Waals surface area (Å²) in [6.07, 6.45) is 0. The van der Waals surface area contributed by atoms with Crippen LogP contribution in [0.25, 0.3) is 10.9 Å². The number of benzene rings is 1. The van der Waals surface area contributed by atoms with E-state index in [0.717, 1.165) is 0 Å². The van der Waals surface area contributed by atoms with Gasteiger partial charge in [-0.15, -0.1) is 0 Å². The van der Waals surface area contributed by atoms with Crippen LogP contribution in [0.5, 0.6) is 5.88 Å². The fourth-order valence-corrected chi connectivity index (χ4v) is 1.61. The third-order valence-corrected chi connectivity index (χ3v) is 2.31. The van der Waals surface area contributed by atoms with E-state index in [9.17, 15) is 9.90 Å². The van der Waals surface area contributed by atoms with Crippen molar-refractivity contribution in [1.82, 2.24) is 4.98 Å². The highest BCUT2D eigenvalue weighted by molar-refractivity contribution is 6.04. The number of anilines is 1. The third-order valence-electron chi connectivity index (χ3n) is 2.31. The van der Waals surface area contributed by atoms with Gasteiger partial charge in [0.2, 0.25) is 5.88 Å². The molecule has 2 aromatic rings. The molecule has 3 N–H and O–H groups in total. The number of hydrogen-bond donors (Lipinski definition) is 2. The Kier molecular flexibility index (Phi) is 2.82. The van der Waals surface area contributed by atoms with Crippen LogP contribution in [0, 0.1) is 0 Å². The number of ether oxygens (including phenoxy) is 1. The molecule has 0 amide bonds. The average Bonchev–Trinajstić information content (AvgIpc) is 2.29. The first kappa shape index (κ1) is 11.2. The molecule has 1 aromatic heterocycles. The quantitative estimate of drug-likeness (QED) is 0.608. The van der Waals surface area contributed by atoms with Gasteiger partial charge in [0, 0.05) is 17.1 Å². The number of carbonyl (C=O) groups excluding carboxylic acids is 1. The van der Waals surface area contributed by atoms with Crippen molar-refractivity contribution >= 4 is 22.6 Å². The number of aromatic hydroxyl groups is 1. The molecule has 0 saturated carbocycles. The summed E-state index contributed by atoms with van der Waals surface area (Å²) in [5.41, 5.74) is 6.95. The number of nitrogen functional groups attached to an aromatic ring is 1. The van der Waals surface area contributed by atoms with Crippen molar-refractivity contribution in [2.75, 3.05) is 12.3 Å². The Balaban J connectivity index is 2.67. The van der Waals surface area contributed by atoms with Crippen LogP contribution in [0.3, 0.4) is 0 Å². The van der Waals surface area contributed by atoms with Crippen LogP contribution in [0.15, 0.2) is 24.3 Å². The highest BCUT2D eigenvalue weighted by Crippen LogP contribution is 2.24. The first-order chi connectivity index (χ1) is 8.11. The summed E-state index contributed by atoms with van der Waals surface area (Å²) < 4.78 is 4.91. The Morgan fingerprint density at radius 2 is 2.24 bits per heavy atom. The molecule has 0 radical (unpaired) electrons. The number of rotatable bonds is 2. The molecule has 0 aliphatic rings. The lowest BCUT2D eigenvalue weighted by Crippen LogP contribution is -2.06. The number of nitrogens with zero attached hydrogens (tertiary/aromatic N) is 1. The Morgan fingerprint density at radius 1 is 1.47 bits per heavy atom. The van der Waals surface area contributed by atoms with Gasteiger partial charge in [0.05, 0.1) is 17.7 Å². The molecule has 0 saturated heterocycles. The monoisotopic (exact) mass is 232 g/mol. The SMILES string of the molecule is CCOC(=O)c1cc(O)nc2ccc(N)cc12. The molecule has 0 aliphatic heterocycles. The molecular formula is C12H12N2O3. The number of aromatic nitrogens is 1. The molecule has 1 heterocycles. The molecule has 0 bridgehead atoms. The summed E-state index contributed by atoms with van der Waals surface area (Å²) in [5.74, 6) is -0.717. The summed E-state index contributed by atoms with van der Waals surface area (Å²) in [6.45, 7) is 1.99. The molecule has 0 unspecified atom stereocenters. The van der Waals surface area contributed by atoms with Crippen LogP contribution in [0.4, 0.5) is 5.69 Å². The summed E-state index contributed by atoms with van der Waals surface area (Å²) in [4.78, 5) is 15.6. The van der Waals surface area contributed by atoms with Gasteiger partial charge in [-0.3, -0.25) is 0 Å². The van der Waals surface area contributed by atoms with Gasteiger partial charge in [0.1, 0.15) is 0 Å². The van der Waals surface area contributed by atoms with Crippen LogP contribution in [-0.2, 0) is 4.74 Å². The second-order valence-electron chi connectivity index (χ2n) is 3.53. The molecule has 5 heteroatoms. The van der Waals surface area contributed by atoms with E-state index in [0.29, 0.717) is 16.6 Å². The number of esters is 1. The van der Waals surface area contributed by atoms with E-state index in [-0.39, 0.29) is 18.1 Å². The fraction of sp³-hybridized carbons (Fsp3) is 0.167. The number of nitrogens with two attached hydrogens (primary N) is 1. The Bertz CT molecular complexity index is 581. The minimum atomic E-state index is -0.499. The van der Waals surface area contributed by atoms with Crippen molar-refractivity contribution in [3.8, 4) is 5.88 Å². The predicted octanol–water partition coefficient (Wildman–Crippen LogP) is 1.70. The molecule has 0 aliphatic carbocycles. The van der Waals surface area contributed by atoms with Gasteiger partial charge in [-0.2, -0.15) is 0 Å². The topological polar surface area (TPSA) is 85.4 Å². The molecule has 17 heavy (non-hydrogen) atoms. The van der Waals surface area contributed by atoms with E-state index in [2.05, 4.69) is 4.98 Å². The summed E-state index contributed by atoms with van der Waals surface area (Å²) in [7, 11) is 0. The van der Waals surface area contributed by atoms with Crippen LogP contribution >= 0.6 is 0 Å². The number of fused-ring (bicyclic) bond motifs is 1. The van der Waals surface area contributed by atoms with E-state index >= 15 is 0 Å². The number of pyridine rings is 1. The maximum atomic E-state index is 11.7. The van der Waals surface area contributed by atoms with Crippen LogP contribution in [-0.4, -0.2) is 22.7 Å². The van der Waals surface area contributed by atoms with Crippen LogP contribution in [0.1, 0.15) is 17.3 Å². The molecule has 2 rings (SSSR count). The molecule has 0 atom stereocenters. The molecular weight excluding hydrogens is 220 g/mol. The van der Waals surface area contributed by atoms with E-state index < -0.39 is 5.97 Å². The molecule has 0 spiro atoms. The maximum absolute atomic E-state index is 11.7. The fourth-order valence-electron chi connectivity index (χ4n) is 1.61. The zero-order chi connectivity index (χ0) is 12.4. The minimum Gasteiger partial charge on any atom is -0.493 e. The summed E-state index contributed by atoms with van der Waals surface area (Å²) >= 11 is 0. The van der Waals surface area contributed by atoms with Crippen molar-refractivity contribution in [2.45, 2.75) is 6.92 Å². The first-order valence-corrected chi connectivity index (χ1v) is 5.18. The van der Waals surface area contributed by atoms with E-state index in [4.69, 9.17) is 10.5 Å². The molecule has 1 aromatic carbocycles.